The molecule has 3 heterocycles. The second kappa shape index (κ2) is 10.9. The van der Waals surface area contributed by atoms with Gasteiger partial charge in [-0.25, -0.2) is 15.0 Å². The lowest BCUT2D eigenvalue weighted by molar-refractivity contribution is -0.150. The number of carboxylic acid groups (broad SMARTS) is 2. The summed E-state index contributed by atoms with van der Waals surface area (Å²) in [7, 11) is 0. The van der Waals surface area contributed by atoms with Gasteiger partial charge in [-0.05, 0) is 5.56 Å². The van der Waals surface area contributed by atoms with Crippen LogP contribution in [0.3, 0.4) is 0 Å². The van der Waals surface area contributed by atoms with Gasteiger partial charge in [0.05, 0.1) is 6.10 Å². The molecular weight excluding hydrogens is 460 g/mol. The van der Waals surface area contributed by atoms with Crippen molar-refractivity contribution in [3.63, 3.8) is 0 Å². The highest BCUT2D eigenvalue weighted by Gasteiger charge is 2.32. The van der Waals surface area contributed by atoms with Crippen molar-refractivity contribution in [2.75, 3.05) is 38.5 Å². The molecular formula is C22H26N6O5S. The molecule has 0 amide bonds. The maximum absolute atomic E-state index is 11.3. The van der Waals surface area contributed by atoms with E-state index in [9.17, 15) is 24.9 Å². The number of H-pyrrole nitrogens is 1. The van der Waals surface area contributed by atoms with E-state index in [4.69, 9.17) is 0 Å². The van der Waals surface area contributed by atoms with Crippen LogP contribution in [0.25, 0.3) is 11.2 Å². The minimum atomic E-state index is -1.82. The van der Waals surface area contributed by atoms with Crippen molar-refractivity contribution in [2.45, 2.75) is 23.6 Å². The van der Waals surface area contributed by atoms with Gasteiger partial charge < -0.3 is 20.3 Å². The standard InChI is InChI=1S/C22H26N6O5S/c29-15(11-28-8-6-27(7-9-28)10-14-4-2-1-3-5-14)12-34-20-17-19(23-13-24-20)26-18(25-17)16(21(30)31)22(32)33/h1-5,13,15-16,29H,6-12H2,(H,30,31)(H,32,33)(H,23,24,25,26). The van der Waals surface area contributed by atoms with Crippen molar-refractivity contribution in [3.05, 3.63) is 48.0 Å². The molecule has 11 nitrogen and oxygen atoms in total. The van der Waals surface area contributed by atoms with E-state index in [2.05, 4.69) is 41.9 Å². The summed E-state index contributed by atoms with van der Waals surface area (Å²) in [6.07, 6.45) is 0.688. The first kappa shape index (κ1) is 24.1. The molecule has 1 saturated heterocycles. The fraction of sp³-hybridized carbons (Fsp3) is 0.409. The van der Waals surface area contributed by atoms with E-state index in [0.717, 1.165) is 32.7 Å². The van der Waals surface area contributed by atoms with Gasteiger partial charge in [0.15, 0.2) is 5.65 Å². The summed E-state index contributed by atoms with van der Waals surface area (Å²) in [6.45, 7) is 5.09. The van der Waals surface area contributed by atoms with Crippen LogP contribution in [-0.4, -0.2) is 102 Å². The zero-order valence-corrected chi connectivity index (χ0v) is 19.2. The molecule has 2 aromatic heterocycles. The van der Waals surface area contributed by atoms with Crippen molar-refractivity contribution in [1.82, 2.24) is 29.7 Å². The summed E-state index contributed by atoms with van der Waals surface area (Å²) in [5, 5.41) is 29.4. The molecule has 1 fully saturated rings. The van der Waals surface area contributed by atoms with Crippen LogP contribution in [0.5, 0.6) is 0 Å². The predicted octanol–water partition coefficient (Wildman–Crippen LogP) is 0.877. The Morgan fingerprint density at radius 2 is 1.71 bits per heavy atom. The lowest BCUT2D eigenvalue weighted by atomic mass is 10.1. The third-order valence-electron chi connectivity index (χ3n) is 5.63. The van der Waals surface area contributed by atoms with E-state index >= 15 is 0 Å². The third kappa shape index (κ3) is 5.89. The van der Waals surface area contributed by atoms with Gasteiger partial charge >= 0.3 is 11.9 Å². The van der Waals surface area contributed by atoms with Crippen LogP contribution in [0.1, 0.15) is 17.3 Å². The fourth-order valence-electron chi connectivity index (χ4n) is 3.91. The van der Waals surface area contributed by atoms with Crippen LogP contribution < -0.4 is 0 Å². The first-order valence-electron chi connectivity index (χ1n) is 10.9. The number of aliphatic hydroxyl groups excluding tert-OH is 1. The number of thioether (sulfide) groups is 1. The number of imidazole rings is 1. The smallest absolute Gasteiger partial charge is 0.325 e. The maximum atomic E-state index is 11.3. The lowest BCUT2D eigenvalue weighted by Crippen LogP contribution is -2.48. The number of β-amino-alcohol motifs (C(OH)–C–C–N with tert-alkyl or cyclic N) is 1. The molecule has 1 aromatic carbocycles. The fourth-order valence-corrected chi connectivity index (χ4v) is 4.77. The molecule has 0 bridgehead atoms. The molecule has 4 N–H and O–H groups in total. The van der Waals surface area contributed by atoms with Crippen LogP contribution in [0.15, 0.2) is 41.7 Å². The minimum absolute atomic E-state index is 0.184. The van der Waals surface area contributed by atoms with Crippen molar-refractivity contribution >= 4 is 34.9 Å². The number of carbonyl (C=O) groups is 2. The second-order valence-corrected chi connectivity index (χ2v) is 9.14. The third-order valence-corrected chi connectivity index (χ3v) is 6.77. The quantitative estimate of drug-likeness (QED) is 0.183. The highest BCUT2D eigenvalue weighted by molar-refractivity contribution is 7.99. The van der Waals surface area contributed by atoms with Crippen molar-refractivity contribution in [3.8, 4) is 0 Å². The van der Waals surface area contributed by atoms with E-state index in [1.54, 1.807) is 0 Å². The number of aliphatic carboxylic acids is 2. The average molecular weight is 487 g/mol. The Morgan fingerprint density at radius 3 is 2.38 bits per heavy atom. The van der Waals surface area contributed by atoms with Gasteiger partial charge in [-0.2, -0.15) is 0 Å². The topological polar surface area (TPSA) is 156 Å². The molecule has 12 heteroatoms. The molecule has 1 unspecified atom stereocenters. The van der Waals surface area contributed by atoms with Gasteiger partial charge in [0.2, 0.25) is 5.92 Å². The number of aromatic nitrogens is 4. The molecule has 1 aliphatic rings. The second-order valence-electron chi connectivity index (χ2n) is 8.14. The number of aliphatic hydroxyl groups is 1. The normalized spacial score (nSPS) is 16.2. The molecule has 0 aliphatic carbocycles. The van der Waals surface area contributed by atoms with Crippen molar-refractivity contribution in [1.29, 1.82) is 0 Å². The van der Waals surface area contributed by atoms with Crippen molar-refractivity contribution in [2.24, 2.45) is 0 Å². The molecule has 1 aliphatic heterocycles. The van der Waals surface area contributed by atoms with Gasteiger partial charge in [-0.1, -0.05) is 30.3 Å². The average Bonchev–Trinajstić information content (AvgIpc) is 3.23. The molecule has 0 saturated carbocycles. The summed E-state index contributed by atoms with van der Waals surface area (Å²) in [5.41, 5.74) is 1.84. The molecule has 0 radical (unpaired) electrons. The minimum Gasteiger partial charge on any atom is -0.480 e. The lowest BCUT2D eigenvalue weighted by Gasteiger charge is -2.35. The summed E-state index contributed by atoms with van der Waals surface area (Å²) < 4.78 is 0. The number of benzene rings is 1. The Morgan fingerprint density at radius 1 is 1.03 bits per heavy atom. The Hall–Kier alpha value is -3.06. The summed E-state index contributed by atoms with van der Waals surface area (Å²) >= 11 is 1.29. The number of fused-ring (bicyclic) bond motifs is 1. The van der Waals surface area contributed by atoms with Crippen LogP contribution in [0.2, 0.25) is 0 Å². The Balaban J connectivity index is 1.30. The highest BCUT2D eigenvalue weighted by atomic mass is 32.2. The SMILES string of the molecule is O=C(O)C(C(=O)O)c1nc2ncnc(SCC(O)CN3CCN(Cc4ccccc4)CC3)c2[nH]1. The van der Waals surface area contributed by atoms with Gasteiger partial charge in [0, 0.05) is 45.0 Å². The number of carboxylic acids is 2. The number of nitrogens with zero attached hydrogens (tertiary/aromatic N) is 5. The molecule has 180 valence electrons. The van der Waals surface area contributed by atoms with E-state index in [1.807, 2.05) is 18.2 Å². The van der Waals surface area contributed by atoms with E-state index in [1.165, 1.54) is 23.7 Å². The summed E-state index contributed by atoms with van der Waals surface area (Å²) in [5.74, 6) is -4.71. The van der Waals surface area contributed by atoms with Crippen LogP contribution in [0, 0.1) is 0 Å². The first-order valence-corrected chi connectivity index (χ1v) is 11.8. The Bertz CT molecular complexity index is 1120. The number of rotatable bonds is 10. The molecule has 4 rings (SSSR count). The van der Waals surface area contributed by atoms with Crippen LogP contribution in [-0.2, 0) is 16.1 Å². The van der Waals surface area contributed by atoms with E-state index < -0.39 is 24.0 Å². The van der Waals surface area contributed by atoms with Gasteiger partial charge in [-0.3, -0.25) is 19.4 Å². The number of aromatic amines is 1. The number of hydrogen-bond acceptors (Lipinski definition) is 9. The zero-order valence-electron chi connectivity index (χ0n) is 18.4. The molecule has 34 heavy (non-hydrogen) atoms. The largest absolute Gasteiger partial charge is 0.480 e. The Kier molecular flexibility index (Phi) is 7.73. The van der Waals surface area contributed by atoms with Crippen molar-refractivity contribution < 1.29 is 24.9 Å². The van der Waals surface area contributed by atoms with Gasteiger partial charge in [0.25, 0.3) is 0 Å². The summed E-state index contributed by atoms with van der Waals surface area (Å²) in [4.78, 5) is 42.2. The Labute approximate surface area is 199 Å². The number of nitrogens with one attached hydrogen (secondary N) is 1. The number of piperazine rings is 1. The molecule has 3 aromatic rings. The zero-order chi connectivity index (χ0) is 24.1. The first-order chi connectivity index (χ1) is 16.4. The summed E-state index contributed by atoms with van der Waals surface area (Å²) in [6, 6.07) is 10.4. The van der Waals surface area contributed by atoms with Crippen LogP contribution >= 0.6 is 11.8 Å². The number of hydrogen-bond donors (Lipinski definition) is 4. The van der Waals surface area contributed by atoms with E-state index in [0.29, 0.717) is 22.8 Å². The maximum Gasteiger partial charge on any atom is 0.325 e. The highest BCUT2D eigenvalue weighted by Crippen LogP contribution is 2.26. The van der Waals surface area contributed by atoms with E-state index in [-0.39, 0.29) is 11.5 Å². The van der Waals surface area contributed by atoms with Crippen LogP contribution in [0.4, 0.5) is 0 Å². The van der Waals surface area contributed by atoms with Gasteiger partial charge in [-0.15, -0.1) is 11.8 Å². The molecule has 0 spiro atoms. The monoisotopic (exact) mass is 486 g/mol. The van der Waals surface area contributed by atoms with Gasteiger partial charge in [0.1, 0.15) is 22.7 Å². The predicted molar refractivity (Wildman–Crippen MR) is 125 cm³/mol. The molecule has 1 atom stereocenters.